The van der Waals surface area contributed by atoms with Crippen LogP contribution in [0.5, 0.6) is 0 Å². The van der Waals surface area contributed by atoms with Crippen molar-refractivity contribution in [1.82, 2.24) is 9.97 Å². The number of hydrogen-bond donors (Lipinski definition) is 1. The minimum absolute atomic E-state index is 0.538. The van der Waals surface area contributed by atoms with E-state index in [1.165, 1.54) is 0 Å². The lowest BCUT2D eigenvalue weighted by molar-refractivity contribution is 0.180. The van der Waals surface area contributed by atoms with Gasteiger partial charge in [0.05, 0.1) is 16.6 Å². The van der Waals surface area contributed by atoms with Gasteiger partial charge < -0.3 is 5.11 Å². The number of benzene rings is 1. The monoisotopic (exact) mass is 256 g/mol. The summed E-state index contributed by atoms with van der Waals surface area (Å²) in [5.74, 6) is 0. The van der Waals surface area contributed by atoms with E-state index in [-0.39, 0.29) is 0 Å². The Morgan fingerprint density at radius 3 is 2.89 bits per heavy atom. The zero-order chi connectivity index (χ0) is 12.4. The van der Waals surface area contributed by atoms with Crippen LogP contribution in [-0.4, -0.2) is 15.1 Å². The molecular formula is C14H12N2OS. The van der Waals surface area contributed by atoms with Gasteiger partial charge in [-0.2, -0.15) is 0 Å². The first kappa shape index (κ1) is 11.3. The smallest absolute Gasteiger partial charge is 0.0954 e. The highest BCUT2D eigenvalue weighted by Crippen LogP contribution is 2.25. The number of aliphatic hydroxyl groups is 1. The summed E-state index contributed by atoms with van der Waals surface area (Å²) in [6, 6.07) is 9.71. The number of thiazole rings is 1. The molecule has 2 heterocycles. The molecule has 0 saturated carbocycles. The topological polar surface area (TPSA) is 46.0 Å². The average molecular weight is 256 g/mol. The van der Waals surface area contributed by atoms with Crippen LogP contribution in [0.1, 0.15) is 16.7 Å². The number of nitrogens with zero attached hydrogens (tertiary/aromatic N) is 2. The van der Waals surface area contributed by atoms with Gasteiger partial charge in [0.15, 0.2) is 0 Å². The molecule has 0 bridgehead atoms. The number of aliphatic hydroxyl groups excluding tert-OH is 1. The minimum Gasteiger partial charge on any atom is -0.388 e. The summed E-state index contributed by atoms with van der Waals surface area (Å²) in [7, 11) is 0. The van der Waals surface area contributed by atoms with E-state index in [1.54, 1.807) is 23.7 Å². The molecule has 18 heavy (non-hydrogen) atoms. The Balaban J connectivity index is 1.98. The molecule has 1 unspecified atom stereocenters. The standard InChI is InChI=1S/C14H12N2OS/c17-13(9-14-16-7-8-18-14)11-3-1-5-12-10(11)4-2-6-15-12/h1-8,13,17H,9H2. The van der Waals surface area contributed by atoms with Crippen molar-refractivity contribution in [2.45, 2.75) is 12.5 Å². The minimum atomic E-state index is -0.538. The molecule has 1 aromatic carbocycles. The molecule has 3 nitrogen and oxygen atoms in total. The lowest BCUT2D eigenvalue weighted by Crippen LogP contribution is -2.02. The van der Waals surface area contributed by atoms with Gasteiger partial charge in [-0.15, -0.1) is 11.3 Å². The largest absolute Gasteiger partial charge is 0.388 e. The van der Waals surface area contributed by atoms with Crippen LogP contribution in [0.15, 0.2) is 48.1 Å². The molecule has 0 radical (unpaired) electrons. The highest BCUT2D eigenvalue weighted by atomic mass is 32.1. The predicted molar refractivity (Wildman–Crippen MR) is 72.5 cm³/mol. The summed E-state index contributed by atoms with van der Waals surface area (Å²) in [6.07, 6.45) is 3.53. The van der Waals surface area contributed by atoms with Crippen LogP contribution in [-0.2, 0) is 6.42 Å². The lowest BCUT2D eigenvalue weighted by atomic mass is 10.0. The summed E-state index contributed by atoms with van der Waals surface area (Å²) in [5.41, 5.74) is 1.82. The maximum absolute atomic E-state index is 10.3. The van der Waals surface area contributed by atoms with Gasteiger partial charge in [0.25, 0.3) is 0 Å². The van der Waals surface area contributed by atoms with Crippen LogP contribution in [0.3, 0.4) is 0 Å². The Bertz CT molecular complexity index is 646. The van der Waals surface area contributed by atoms with E-state index in [9.17, 15) is 5.11 Å². The molecule has 0 aliphatic carbocycles. The summed E-state index contributed by atoms with van der Waals surface area (Å²) >= 11 is 1.56. The molecule has 0 aliphatic rings. The van der Waals surface area contributed by atoms with Crippen molar-refractivity contribution in [3.8, 4) is 0 Å². The highest BCUT2D eigenvalue weighted by Gasteiger charge is 2.13. The zero-order valence-electron chi connectivity index (χ0n) is 9.65. The summed E-state index contributed by atoms with van der Waals surface area (Å²) < 4.78 is 0. The van der Waals surface area contributed by atoms with Crippen molar-refractivity contribution in [3.05, 3.63) is 58.7 Å². The molecule has 1 atom stereocenters. The average Bonchev–Trinajstić information content (AvgIpc) is 2.91. The van der Waals surface area contributed by atoms with Gasteiger partial charge in [0.1, 0.15) is 0 Å². The highest BCUT2D eigenvalue weighted by molar-refractivity contribution is 7.09. The first-order chi connectivity index (χ1) is 8.84. The number of fused-ring (bicyclic) bond motifs is 1. The van der Waals surface area contributed by atoms with Crippen molar-refractivity contribution >= 4 is 22.2 Å². The van der Waals surface area contributed by atoms with Crippen LogP contribution in [0.2, 0.25) is 0 Å². The number of hydrogen-bond acceptors (Lipinski definition) is 4. The van der Waals surface area contributed by atoms with Crippen LogP contribution in [0.4, 0.5) is 0 Å². The lowest BCUT2D eigenvalue weighted by Gasteiger charge is -2.11. The van der Waals surface area contributed by atoms with E-state index >= 15 is 0 Å². The van der Waals surface area contributed by atoms with Gasteiger partial charge in [-0.1, -0.05) is 18.2 Å². The molecule has 2 aromatic heterocycles. The molecule has 0 spiro atoms. The van der Waals surface area contributed by atoms with E-state index in [0.717, 1.165) is 21.5 Å². The third-order valence-electron chi connectivity index (χ3n) is 2.89. The third-order valence-corrected chi connectivity index (χ3v) is 3.69. The van der Waals surface area contributed by atoms with Crippen molar-refractivity contribution in [2.75, 3.05) is 0 Å². The van der Waals surface area contributed by atoms with E-state index < -0.39 is 6.10 Å². The number of pyridine rings is 1. The van der Waals surface area contributed by atoms with Gasteiger partial charge in [0, 0.05) is 29.6 Å². The Morgan fingerprint density at radius 2 is 2.06 bits per heavy atom. The van der Waals surface area contributed by atoms with Crippen molar-refractivity contribution in [1.29, 1.82) is 0 Å². The van der Waals surface area contributed by atoms with Crippen LogP contribution < -0.4 is 0 Å². The fraction of sp³-hybridized carbons (Fsp3) is 0.143. The molecule has 3 aromatic rings. The first-order valence-electron chi connectivity index (χ1n) is 5.74. The molecule has 90 valence electrons. The van der Waals surface area contributed by atoms with Crippen LogP contribution in [0, 0.1) is 0 Å². The Hall–Kier alpha value is -1.78. The van der Waals surface area contributed by atoms with Gasteiger partial charge in [-0.25, -0.2) is 4.98 Å². The summed E-state index contributed by atoms with van der Waals surface area (Å²) in [6.45, 7) is 0. The molecule has 4 heteroatoms. The fourth-order valence-electron chi connectivity index (χ4n) is 2.05. The van der Waals surface area contributed by atoms with Crippen molar-refractivity contribution in [2.24, 2.45) is 0 Å². The molecular weight excluding hydrogens is 244 g/mol. The van der Waals surface area contributed by atoms with E-state index in [4.69, 9.17) is 0 Å². The Kier molecular flexibility index (Phi) is 3.04. The maximum Gasteiger partial charge on any atom is 0.0954 e. The molecule has 0 aliphatic heterocycles. The Morgan fingerprint density at radius 1 is 1.11 bits per heavy atom. The third kappa shape index (κ3) is 2.12. The summed E-state index contributed by atoms with van der Waals surface area (Å²) in [5, 5.41) is 14.2. The molecule has 0 fully saturated rings. The molecule has 3 rings (SSSR count). The SMILES string of the molecule is OC(Cc1nccs1)c1cccc2ncccc12. The van der Waals surface area contributed by atoms with Crippen LogP contribution >= 0.6 is 11.3 Å². The summed E-state index contributed by atoms with van der Waals surface area (Å²) in [4.78, 5) is 8.50. The number of rotatable bonds is 3. The van der Waals surface area contributed by atoms with Gasteiger partial charge >= 0.3 is 0 Å². The molecule has 0 saturated heterocycles. The fourth-order valence-corrected chi connectivity index (χ4v) is 2.70. The van der Waals surface area contributed by atoms with Crippen LogP contribution in [0.25, 0.3) is 10.9 Å². The van der Waals surface area contributed by atoms with Gasteiger partial charge in [-0.05, 0) is 17.7 Å². The number of aromatic nitrogens is 2. The molecule has 0 amide bonds. The molecule has 1 N–H and O–H groups in total. The quantitative estimate of drug-likeness (QED) is 0.783. The van der Waals surface area contributed by atoms with Crippen molar-refractivity contribution in [3.63, 3.8) is 0 Å². The predicted octanol–water partition coefficient (Wildman–Crippen LogP) is 2.97. The van der Waals surface area contributed by atoms with Gasteiger partial charge in [0.2, 0.25) is 0 Å². The normalized spacial score (nSPS) is 12.7. The maximum atomic E-state index is 10.3. The van der Waals surface area contributed by atoms with E-state index in [0.29, 0.717) is 6.42 Å². The Labute approximate surface area is 109 Å². The van der Waals surface area contributed by atoms with Crippen molar-refractivity contribution < 1.29 is 5.11 Å². The second kappa shape index (κ2) is 4.84. The van der Waals surface area contributed by atoms with Gasteiger partial charge in [-0.3, -0.25) is 4.98 Å². The second-order valence-corrected chi connectivity index (χ2v) is 5.04. The zero-order valence-corrected chi connectivity index (χ0v) is 10.5. The van der Waals surface area contributed by atoms with E-state index in [2.05, 4.69) is 9.97 Å². The van der Waals surface area contributed by atoms with E-state index in [1.807, 2.05) is 35.7 Å². The first-order valence-corrected chi connectivity index (χ1v) is 6.62. The second-order valence-electron chi connectivity index (χ2n) is 4.06.